The zero-order valence-corrected chi connectivity index (χ0v) is 13.8. The molecule has 0 atom stereocenters. The van der Waals surface area contributed by atoms with Gasteiger partial charge < -0.3 is 15.0 Å². The molecule has 0 unspecified atom stereocenters. The minimum Gasteiger partial charge on any atom is -0.495 e. The highest BCUT2D eigenvalue weighted by Gasteiger charge is 2.14. The number of amides is 1. The first-order chi connectivity index (χ1) is 11.7. The third-order valence-electron chi connectivity index (χ3n) is 3.41. The Morgan fingerprint density at radius 2 is 2.12 bits per heavy atom. The van der Waals surface area contributed by atoms with E-state index in [4.69, 9.17) is 10.00 Å². The molecule has 2 rings (SSSR count). The van der Waals surface area contributed by atoms with Crippen LogP contribution in [0.1, 0.15) is 18.9 Å². The Bertz CT molecular complexity index is 723. The van der Waals surface area contributed by atoms with Gasteiger partial charge in [0.15, 0.2) is 0 Å². The van der Waals surface area contributed by atoms with E-state index >= 15 is 0 Å². The molecule has 1 N–H and O–H groups in total. The Hall–Kier alpha value is -3.07. The molecule has 6 nitrogen and oxygen atoms in total. The van der Waals surface area contributed by atoms with Crippen molar-refractivity contribution in [2.75, 3.05) is 30.4 Å². The summed E-state index contributed by atoms with van der Waals surface area (Å²) in [5, 5.41) is 11.7. The number of rotatable bonds is 7. The van der Waals surface area contributed by atoms with Gasteiger partial charge in [-0.25, -0.2) is 4.98 Å². The number of aromatic nitrogens is 1. The second kappa shape index (κ2) is 8.53. The van der Waals surface area contributed by atoms with Crippen molar-refractivity contribution in [1.82, 2.24) is 4.98 Å². The van der Waals surface area contributed by atoms with E-state index < -0.39 is 0 Å². The molecule has 2 aromatic rings. The number of pyridine rings is 1. The zero-order chi connectivity index (χ0) is 17.4. The molecular weight excluding hydrogens is 304 g/mol. The van der Waals surface area contributed by atoms with Gasteiger partial charge >= 0.3 is 0 Å². The molecule has 0 saturated carbocycles. The number of nitriles is 1. The first-order valence-corrected chi connectivity index (χ1v) is 7.72. The maximum Gasteiger partial charge on any atom is 0.244 e. The van der Waals surface area contributed by atoms with Crippen molar-refractivity contribution in [3.05, 3.63) is 48.2 Å². The van der Waals surface area contributed by atoms with E-state index in [2.05, 4.69) is 10.3 Å². The van der Waals surface area contributed by atoms with Gasteiger partial charge in [0.05, 0.1) is 24.9 Å². The third kappa shape index (κ3) is 4.46. The van der Waals surface area contributed by atoms with Crippen LogP contribution in [0.15, 0.2) is 42.6 Å². The van der Waals surface area contributed by atoms with Crippen LogP contribution >= 0.6 is 0 Å². The molecule has 0 saturated heterocycles. The Balaban J connectivity index is 2.09. The van der Waals surface area contributed by atoms with Gasteiger partial charge in [0.2, 0.25) is 5.91 Å². The van der Waals surface area contributed by atoms with Crippen molar-refractivity contribution in [2.45, 2.75) is 13.3 Å². The summed E-state index contributed by atoms with van der Waals surface area (Å²) in [5.74, 6) is 1.13. The first kappa shape index (κ1) is 17.3. The highest BCUT2D eigenvalue weighted by Crippen LogP contribution is 2.23. The summed E-state index contributed by atoms with van der Waals surface area (Å²) in [6.07, 6.45) is 2.39. The molecule has 1 aromatic heterocycles. The number of anilines is 2. The predicted octanol–water partition coefficient (Wildman–Crippen LogP) is 2.82. The summed E-state index contributed by atoms with van der Waals surface area (Å²) in [6, 6.07) is 12.8. The molecular formula is C18H20N4O2. The molecule has 6 heteroatoms. The van der Waals surface area contributed by atoms with Crippen LogP contribution in [-0.2, 0) is 4.79 Å². The fourth-order valence-electron chi connectivity index (χ4n) is 2.29. The number of hydrogen-bond donors (Lipinski definition) is 1. The molecule has 124 valence electrons. The molecule has 0 aliphatic rings. The van der Waals surface area contributed by atoms with E-state index in [9.17, 15) is 4.79 Å². The summed E-state index contributed by atoms with van der Waals surface area (Å²) in [6.45, 7) is 2.90. The molecule has 1 heterocycles. The lowest BCUT2D eigenvalue weighted by Crippen LogP contribution is -2.34. The van der Waals surface area contributed by atoms with Crippen molar-refractivity contribution in [3.8, 4) is 11.8 Å². The number of carbonyl (C=O) groups excluding carboxylic acids is 1. The molecule has 0 aliphatic heterocycles. The van der Waals surface area contributed by atoms with E-state index in [1.165, 1.54) is 6.20 Å². The first-order valence-electron chi connectivity index (χ1n) is 7.72. The van der Waals surface area contributed by atoms with Crippen molar-refractivity contribution >= 4 is 17.4 Å². The zero-order valence-electron chi connectivity index (χ0n) is 13.8. The predicted molar refractivity (Wildman–Crippen MR) is 93.1 cm³/mol. The maximum atomic E-state index is 12.4. The molecule has 1 aromatic carbocycles. The Morgan fingerprint density at radius 3 is 2.75 bits per heavy atom. The maximum absolute atomic E-state index is 12.4. The van der Waals surface area contributed by atoms with Gasteiger partial charge in [-0.3, -0.25) is 4.79 Å². The van der Waals surface area contributed by atoms with E-state index in [1.54, 1.807) is 31.4 Å². The highest BCUT2D eigenvalue weighted by atomic mass is 16.5. The molecule has 0 fully saturated rings. The summed E-state index contributed by atoms with van der Waals surface area (Å²) in [7, 11) is 1.56. The number of carbonyl (C=O) groups is 1. The van der Waals surface area contributed by atoms with Gasteiger partial charge in [0.1, 0.15) is 17.6 Å². The molecule has 0 spiro atoms. The number of hydrogen-bond acceptors (Lipinski definition) is 5. The second-order valence-corrected chi connectivity index (χ2v) is 5.19. The van der Waals surface area contributed by atoms with Crippen LogP contribution in [0.5, 0.6) is 5.75 Å². The van der Waals surface area contributed by atoms with Crippen LogP contribution in [-0.4, -0.2) is 31.1 Å². The lowest BCUT2D eigenvalue weighted by atomic mass is 10.2. The van der Waals surface area contributed by atoms with Gasteiger partial charge in [-0.05, 0) is 30.7 Å². The largest absolute Gasteiger partial charge is 0.495 e. The average molecular weight is 324 g/mol. The highest BCUT2D eigenvalue weighted by molar-refractivity contribution is 5.95. The van der Waals surface area contributed by atoms with Gasteiger partial charge in [0, 0.05) is 12.7 Å². The Labute approximate surface area is 141 Å². The van der Waals surface area contributed by atoms with Crippen LogP contribution < -0.4 is 15.0 Å². The molecule has 1 amide bonds. The van der Waals surface area contributed by atoms with Crippen molar-refractivity contribution < 1.29 is 9.53 Å². The average Bonchev–Trinajstić information content (AvgIpc) is 2.62. The summed E-state index contributed by atoms with van der Waals surface area (Å²) in [5.41, 5.74) is 1.13. The minimum atomic E-state index is -0.154. The van der Waals surface area contributed by atoms with E-state index in [1.807, 2.05) is 30.0 Å². The van der Waals surface area contributed by atoms with E-state index in [0.717, 1.165) is 6.42 Å². The Kier molecular flexibility index (Phi) is 6.15. The van der Waals surface area contributed by atoms with Crippen LogP contribution in [0.3, 0.4) is 0 Å². The molecule has 0 bridgehead atoms. The van der Waals surface area contributed by atoms with Gasteiger partial charge in [0.25, 0.3) is 0 Å². The van der Waals surface area contributed by atoms with Gasteiger partial charge in [-0.2, -0.15) is 5.26 Å². The smallest absolute Gasteiger partial charge is 0.244 e. The molecule has 0 aliphatic carbocycles. The minimum absolute atomic E-state index is 0.154. The van der Waals surface area contributed by atoms with Crippen LogP contribution in [0.4, 0.5) is 11.5 Å². The third-order valence-corrected chi connectivity index (χ3v) is 3.41. The fourth-order valence-corrected chi connectivity index (χ4v) is 2.29. The quantitative estimate of drug-likeness (QED) is 0.847. The standard InChI is InChI=1S/C18H20N4O2/c1-3-10-22(17-9-8-14(11-19)12-20-17)13-18(23)21-15-6-4-5-7-16(15)24-2/h4-9,12H,3,10,13H2,1-2H3,(H,21,23). The fraction of sp³-hybridized carbons (Fsp3) is 0.278. The van der Waals surface area contributed by atoms with Crippen molar-refractivity contribution in [1.29, 1.82) is 5.26 Å². The van der Waals surface area contributed by atoms with Crippen LogP contribution in [0.25, 0.3) is 0 Å². The van der Waals surface area contributed by atoms with Gasteiger partial charge in [-0.15, -0.1) is 0 Å². The normalized spacial score (nSPS) is 9.88. The van der Waals surface area contributed by atoms with E-state index in [-0.39, 0.29) is 12.5 Å². The lowest BCUT2D eigenvalue weighted by Gasteiger charge is -2.22. The topological polar surface area (TPSA) is 78.3 Å². The van der Waals surface area contributed by atoms with Crippen molar-refractivity contribution in [2.24, 2.45) is 0 Å². The van der Waals surface area contributed by atoms with Gasteiger partial charge in [-0.1, -0.05) is 19.1 Å². The molecule has 24 heavy (non-hydrogen) atoms. The van der Waals surface area contributed by atoms with Crippen LogP contribution in [0.2, 0.25) is 0 Å². The summed E-state index contributed by atoms with van der Waals surface area (Å²) < 4.78 is 5.24. The monoisotopic (exact) mass is 324 g/mol. The number of nitrogens with zero attached hydrogens (tertiary/aromatic N) is 3. The number of benzene rings is 1. The summed E-state index contributed by atoms with van der Waals surface area (Å²) in [4.78, 5) is 18.5. The SMILES string of the molecule is CCCN(CC(=O)Nc1ccccc1OC)c1ccc(C#N)cn1. The number of nitrogens with one attached hydrogen (secondary N) is 1. The second-order valence-electron chi connectivity index (χ2n) is 5.19. The number of para-hydroxylation sites is 2. The lowest BCUT2D eigenvalue weighted by molar-refractivity contribution is -0.115. The van der Waals surface area contributed by atoms with E-state index in [0.29, 0.717) is 29.4 Å². The van der Waals surface area contributed by atoms with Crippen LogP contribution in [0, 0.1) is 11.3 Å². The number of ether oxygens (including phenoxy) is 1. The number of methoxy groups -OCH3 is 1. The van der Waals surface area contributed by atoms with Crippen molar-refractivity contribution in [3.63, 3.8) is 0 Å². The molecule has 0 radical (unpaired) electrons. The summed E-state index contributed by atoms with van der Waals surface area (Å²) >= 11 is 0. The Morgan fingerprint density at radius 1 is 1.33 bits per heavy atom.